The van der Waals surface area contributed by atoms with Crippen molar-refractivity contribution in [1.82, 2.24) is 4.90 Å². The third-order valence-electron chi connectivity index (χ3n) is 4.34. The summed E-state index contributed by atoms with van der Waals surface area (Å²) in [5, 5.41) is 0. The van der Waals surface area contributed by atoms with Crippen LogP contribution in [0.4, 0.5) is 4.79 Å². The third kappa shape index (κ3) is 6.82. The minimum Gasteiger partial charge on any atom is -0.497 e. The standard InChI is InChI=1S/C19H22Cl3NO7/c1-11(24)29-15-8-9-23(18(26)28-10-19(20,21)22)16(17(15)30-12(2)25)13-4-6-14(27-3)7-5-13/h4-7,15-17H,8-10H2,1-3H3/t15-,16+,17-/m0/s1. The summed E-state index contributed by atoms with van der Waals surface area (Å²) in [7, 11) is 1.52. The van der Waals surface area contributed by atoms with E-state index in [0.29, 0.717) is 11.3 Å². The molecule has 1 aromatic carbocycles. The topological polar surface area (TPSA) is 91.4 Å². The van der Waals surface area contributed by atoms with E-state index in [-0.39, 0.29) is 13.0 Å². The van der Waals surface area contributed by atoms with Crippen LogP contribution in [0.2, 0.25) is 0 Å². The van der Waals surface area contributed by atoms with Crippen molar-refractivity contribution >= 4 is 52.8 Å². The molecule has 0 aliphatic carbocycles. The molecule has 30 heavy (non-hydrogen) atoms. The van der Waals surface area contributed by atoms with Crippen LogP contribution in [-0.4, -0.2) is 59.2 Å². The number of alkyl halides is 3. The van der Waals surface area contributed by atoms with E-state index in [9.17, 15) is 14.4 Å². The number of hydrogen-bond acceptors (Lipinski definition) is 7. The second-order valence-corrected chi connectivity index (χ2v) is 9.11. The first-order chi connectivity index (χ1) is 14.0. The van der Waals surface area contributed by atoms with Gasteiger partial charge in [0, 0.05) is 26.8 Å². The summed E-state index contributed by atoms with van der Waals surface area (Å²) in [6, 6.07) is 6.01. The van der Waals surface area contributed by atoms with Gasteiger partial charge in [-0.25, -0.2) is 4.79 Å². The fraction of sp³-hybridized carbons (Fsp3) is 0.526. The van der Waals surface area contributed by atoms with Crippen molar-refractivity contribution in [3.8, 4) is 5.75 Å². The van der Waals surface area contributed by atoms with Gasteiger partial charge in [-0.1, -0.05) is 46.9 Å². The van der Waals surface area contributed by atoms with Crippen molar-refractivity contribution in [1.29, 1.82) is 0 Å². The van der Waals surface area contributed by atoms with Gasteiger partial charge in [-0.15, -0.1) is 0 Å². The van der Waals surface area contributed by atoms with Crippen LogP contribution >= 0.6 is 34.8 Å². The number of hydrogen-bond donors (Lipinski definition) is 0. The van der Waals surface area contributed by atoms with Crippen LogP contribution in [0.25, 0.3) is 0 Å². The fourth-order valence-electron chi connectivity index (χ4n) is 3.22. The van der Waals surface area contributed by atoms with Gasteiger partial charge < -0.3 is 18.9 Å². The zero-order chi connectivity index (χ0) is 22.5. The second kappa shape index (κ2) is 10.4. The number of benzene rings is 1. The van der Waals surface area contributed by atoms with E-state index >= 15 is 0 Å². The first-order valence-electron chi connectivity index (χ1n) is 9.00. The zero-order valence-corrected chi connectivity index (χ0v) is 18.9. The molecule has 0 spiro atoms. The van der Waals surface area contributed by atoms with E-state index in [4.69, 9.17) is 53.8 Å². The number of methoxy groups -OCH3 is 1. The summed E-state index contributed by atoms with van der Waals surface area (Å²) < 4.78 is 19.4. The number of esters is 2. The zero-order valence-electron chi connectivity index (χ0n) is 16.6. The molecule has 3 atom stereocenters. The smallest absolute Gasteiger partial charge is 0.410 e. The maximum Gasteiger partial charge on any atom is 0.410 e. The average molecular weight is 483 g/mol. The maximum atomic E-state index is 12.8. The first kappa shape index (κ1) is 24.4. The Morgan fingerprint density at radius 1 is 1.07 bits per heavy atom. The minimum atomic E-state index is -1.78. The minimum absolute atomic E-state index is 0.158. The van der Waals surface area contributed by atoms with Crippen molar-refractivity contribution in [2.75, 3.05) is 20.3 Å². The Hall–Kier alpha value is -1.90. The molecule has 1 aromatic rings. The molecule has 1 aliphatic heterocycles. The average Bonchev–Trinajstić information content (AvgIpc) is 2.66. The number of nitrogens with zero attached hydrogens (tertiary/aromatic N) is 1. The van der Waals surface area contributed by atoms with E-state index in [0.717, 1.165) is 0 Å². The molecule has 2 rings (SSSR count). The first-order valence-corrected chi connectivity index (χ1v) is 10.1. The Morgan fingerprint density at radius 2 is 1.67 bits per heavy atom. The summed E-state index contributed by atoms with van der Waals surface area (Å²) in [6.45, 7) is 2.18. The Bertz CT molecular complexity index is 766. The highest BCUT2D eigenvalue weighted by atomic mass is 35.6. The molecule has 1 aliphatic rings. The molecule has 11 heteroatoms. The Morgan fingerprint density at radius 3 is 2.17 bits per heavy atom. The van der Waals surface area contributed by atoms with E-state index in [1.54, 1.807) is 24.3 Å². The largest absolute Gasteiger partial charge is 0.497 e. The maximum absolute atomic E-state index is 12.8. The summed E-state index contributed by atoms with van der Waals surface area (Å²) in [4.78, 5) is 37.5. The highest BCUT2D eigenvalue weighted by Crippen LogP contribution is 2.37. The van der Waals surface area contributed by atoms with Crippen LogP contribution in [0.3, 0.4) is 0 Å². The number of carbonyl (C=O) groups is 3. The number of ether oxygens (including phenoxy) is 4. The van der Waals surface area contributed by atoms with Gasteiger partial charge in [0.2, 0.25) is 3.79 Å². The van der Waals surface area contributed by atoms with Gasteiger partial charge in [0.1, 0.15) is 24.5 Å². The Labute approximate surface area is 189 Å². The third-order valence-corrected chi connectivity index (χ3v) is 4.67. The van der Waals surface area contributed by atoms with Crippen LogP contribution in [0.5, 0.6) is 5.75 Å². The lowest BCUT2D eigenvalue weighted by molar-refractivity contribution is -0.177. The van der Waals surface area contributed by atoms with Crippen LogP contribution in [0.15, 0.2) is 24.3 Å². The summed E-state index contributed by atoms with van der Waals surface area (Å²) in [5.74, 6) is -0.523. The van der Waals surface area contributed by atoms with Crippen LogP contribution < -0.4 is 4.74 Å². The lowest BCUT2D eigenvalue weighted by atomic mass is 9.90. The predicted molar refractivity (Wildman–Crippen MR) is 110 cm³/mol. The lowest BCUT2D eigenvalue weighted by Gasteiger charge is -2.43. The monoisotopic (exact) mass is 481 g/mol. The summed E-state index contributed by atoms with van der Waals surface area (Å²) >= 11 is 17.0. The quantitative estimate of drug-likeness (QED) is 0.358. The van der Waals surface area contributed by atoms with Crippen molar-refractivity contribution in [3.05, 3.63) is 29.8 Å². The number of amides is 1. The van der Waals surface area contributed by atoms with Crippen molar-refractivity contribution in [2.24, 2.45) is 0 Å². The number of carbonyl (C=O) groups excluding carboxylic acids is 3. The van der Waals surface area contributed by atoms with Gasteiger partial charge in [0.05, 0.1) is 7.11 Å². The van der Waals surface area contributed by atoms with E-state index in [1.165, 1.54) is 25.9 Å². The molecule has 8 nitrogen and oxygen atoms in total. The molecule has 0 aromatic heterocycles. The predicted octanol–water partition coefficient (Wildman–Crippen LogP) is 3.81. The van der Waals surface area contributed by atoms with E-state index in [2.05, 4.69) is 0 Å². The SMILES string of the molecule is COc1ccc([C@@H]2[C@@H](OC(C)=O)[C@@H](OC(C)=O)CCN2C(=O)OCC(Cl)(Cl)Cl)cc1. The molecule has 1 amide bonds. The molecule has 1 fully saturated rings. The number of rotatable bonds is 5. The van der Waals surface area contributed by atoms with Gasteiger partial charge >= 0.3 is 18.0 Å². The van der Waals surface area contributed by atoms with Gasteiger partial charge in [-0.2, -0.15) is 0 Å². The molecular weight excluding hydrogens is 461 g/mol. The number of halogens is 3. The van der Waals surface area contributed by atoms with Crippen LogP contribution in [0.1, 0.15) is 31.9 Å². The van der Waals surface area contributed by atoms with Gasteiger partial charge in [0.25, 0.3) is 0 Å². The molecular formula is C19H22Cl3NO7. The lowest BCUT2D eigenvalue weighted by Crippen LogP contribution is -2.54. The highest BCUT2D eigenvalue weighted by molar-refractivity contribution is 6.67. The number of likely N-dealkylation sites (tertiary alicyclic amines) is 1. The normalized spacial score (nSPS) is 21.5. The molecule has 0 N–H and O–H groups in total. The summed E-state index contributed by atoms with van der Waals surface area (Å²) in [5.41, 5.74) is 0.615. The van der Waals surface area contributed by atoms with Crippen molar-refractivity contribution < 1.29 is 33.3 Å². The van der Waals surface area contributed by atoms with Crippen LogP contribution in [-0.2, 0) is 23.8 Å². The Kier molecular flexibility index (Phi) is 8.46. The highest BCUT2D eigenvalue weighted by Gasteiger charge is 2.45. The molecule has 166 valence electrons. The van der Waals surface area contributed by atoms with Gasteiger partial charge in [-0.05, 0) is 17.7 Å². The molecule has 0 unspecified atom stereocenters. The van der Waals surface area contributed by atoms with E-state index < -0.39 is 46.7 Å². The van der Waals surface area contributed by atoms with Crippen molar-refractivity contribution in [3.63, 3.8) is 0 Å². The second-order valence-electron chi connectivity index (χ2n) is 6.59. The molecule has 0 bridgehead atoms. The molecule has 0 saturated carbocycles. The van der Waals surface area contributed by atoms with Gasteiger partial charge in [0.15, 0.2) is 6.10 Å². The summed E-state index contributed by atoms with van der Waals surface area (Å²) in [6.07, 6.45) is -2.25. The molecule has 1 saturated heterocycles. The van der Waals surface area contributed by atoms with Crippen molar-refractivity contribution in [2.45, 2.75) is 42.3 Å². The van der Waals surface area contributed by atoms with E-state index in [1.807, 2.05) is 0 Å². The van der Waals surface area contributed by atoms with Crippen LogP contribution in [0, 0.1) is 0 Å². The molecule has 1 heterocycles. The number of piperidine rings is 1. The Balaban J connectivity index is 2.42. The van der Waals surface area contributed by atoms with Gasteiger partial charge in [-0.3, -0.25) is 14.5 Å². The molecule has 0 radical (unpaired) electrons. The fourth-order valence-corrected chi connectivity index (χ4v) is 3.39.